The summed E-state index contributed by atoms with van der Waals surface area (Å²) in [5, 5.41) is 0. The van der Waals surface area contributed by atoms with Gasteiger partial charge in [-0.2, -0.15) is 0 Å². The maximum atomic E-state index is 11.7. The maximum Gasteiger partial charge on any atom is 0.250 e. The minimum absolute atomic E-state index is 0.0184. The van der Waals surface area contributed by atoms with Crippen LogP contribution in [0.15, 0.2) is 23.1 Å². The lowest BCUT2D eigenvalue weighted by molar-refractivity contribution is 0.554. The van der Waals surface area contributed by atoms with Gasteiger partial charge in [0, 0.05) is 50.1 Å². The molecule has 0 radical (unpaired) electrons. The van der Waals surface area contributed by atoms with Gasteiger partial charge < -0.3 is 14.9 Å². The molecule has 0 fully saturated rings. The van der Waals surface area contributed by atoms with Gasteiger partial charge in [-0.05, 0) is 18.9 Å². The summed E-state index contributed by atoms with van der Waals surface area (Å²) in [4.78, 5) is 16.4. The Morgan fingerprint density at radius 2 is 2.21 bits per heavy atom. The minimum Gasteiger partial charge on any atom is -0.331 e. The molecule has 1 aliphatic carbocycles. The van der Waals surface area contributed by atoms with Crippen LogP contribution in [-0.4, -0.2) is 20.2 Å². The molecule has 0 saturated carbocycles. The molecule has 1 aliphatic rings. The molecule has 5 nitrogen and oxygen atoms in total. The Morgan fingerprint density at radius 3 is 2.95 bits per heavy atom. The average Bonchev–Trinajstić information content (AvgIpc) is 2.70. The van der Waals surface area contributed by atoms with Crippen LogP contribution in [0.25, 0.3) is 11.4 Å². The highest BCUT2D eigenvalue weighted by Crippen LogP contribution is 2.25. The van der Waals surface area contributed by atoms with E-state index < -0.39 is 0 Å². The van der Waals surface area contributed by atoms with Gasteiger partial charge in [-0.1, -0.05) is 0 Å². The molecule has 0 saturated heterocycles. The van der Waals surface area contributed by atoms with Gasteiger partial charge in [0.1, 0.15) is 5.82 Å². The Balaban J connectivity index is 2.11. The number of aromatic nitrogens is 3. The molecule has 2 aromatic heterocycles. The summed E-state index contributed by atoms with van der Waals surface area (Å²) >= 11 is 0. The molecule has 1 unspecified atom stereocenters. The van der Waals surface area contributed by atoms with E-state index >= 15 is 0 Å². The molecule has 2 aromatic rings. The Hall–Kier alpha value is -1.88. The smallest absolute Gasteiger partial charge is 0.250 e. The number of nitrogens with two attached hydrogens (primary N) is 1. The summed E-state index contributed by atoms with van der Waals surface area (Å²) in [6, 6.07) is 3.77. The van der Waals surface area contributed by atoms with Gasteiger partial charge in [0.05, 0.1) is 5.69 Å². The highest BCUT2D eigenvalue weighted by molar-refractivity contribution is 5.56. The fourth-order valence-corrected chi connectivity index (χ4v) is 2.68. The molecule has 5 heteroatoms. The molecule has 19 heavy (non-hydrogen) atoms. The van der Waals surface area contributed by atoms with E-state index in [9.17, 15) is 4.79 Å². The van der Waals surface area contributed by atoms with E-state index in [0.717, 1.165) is 36.3 Å². The summed E-state index contributed by atoms with van der Waals surface area (Å²) in [7, 11) is 3.75. The lowest BCUT2D eigenvalue weighted by Gasteiger charge is -2.17. The van der Waals surface area contributed by atoms with Crippen molar-refractivity contribution in [3.63, 3.8) is 0 Å². The second-order valence-corrected chi connectivity index (χ2v) is 5.26. The molecule has 0 bridgehead atoms. The molecular weight excluding hydrogens is 240 g/mol. The van der Waals surface area contributed by atoms with Crippen molar-refractivity contribution >= 4 is 0 Å². The fourth-order valence-electron chi connectivity index (χ4n) is 2.68. The normalized spacial score (nSPS) is 18.4. The number of nitrogens with zero attached hydrogens (tertiary/aromatic N) is 3. The first-order valence-electron chi connectivity index (χ1n) is 6.53. The molecule has 100 valence electrons. The van der Waals surface area contributed by atoms with Crippen molar-refractivity contribution in [2.75, 3.05) is 0 Å². The maximum absolute atomic E-state index is 11.7. The molecule has 0 amide bonds. The van der Waals surface area contributed by atoms with Crippen molar-refractivity contribution in [3.05, 3.63) is 40.1 Å². The fraction of sp³-hybridized carbons (Fsp3) is 0.429. The van der Waals surface area contributed by atoms with Crippen LogP contribution in [0.5, 0.6) is 0 Å². The van der Waals surface area contributed by atoms with Gasteiger partial charge in [-0.25, -0.2) is 4.98 Å². The van der Waals surface area contributed by atoms with Crippen LogP contribution in [0.1, 0.15) is 17.8 Å². The zero-order chi connectivity index (χ0) is 13.6. The Bertz CT molecular complexity index is 683. The number of aryl methyl sites for hydroxylation is 1. The molecule has 2 N–H and O–H groups in total. The van der Waals surface area contributed by atoms with E-state index in [1.54, 1.807) is 23.9 Å². The van der Waals surface area contributed by atoms with Gasteiger partial charge in [-0.3, -0.25) is 4.79 Å². The van der Waals surface area contributed by atoms with E-state index in [0.29, 0.717) is 0 Å². The first-order chi connectivity index (χ1) is 9.06. The highest BCUT2D eigenvalue weighted by atomic mass is 16.1. The topological polar surface area (TPSA) is 65.8 Å². The quantitative estimate of drug-likeness (QED) is 0.814. The minimum atomic E-state index is -0.0184. The lowest BCUT2D eigenvalue weighted by Crippen LogP contribution is -2.28. The van der Waals surface area contributed by atoms with Gasteiger partial charge in [0.2, 0.25) is 0 Å². The number of fused-ring (bicyclic) bond motifs is 1. The van der Waals surface area contributed by atoms with Crippen molar-refractivity contribution < 1.29 is 0 Å². The third kappa shape index (κ3) is 2.00. The predicted molar refractivity (Wildman–Crippen MR) is 73.9 cm³/mol. The van der Waals surface area contributed by atoms with E-state index in [4.69, 9.17) is 5.73 Å². The number of hydrogen-bond donors (Lipinski definition) is 1. The van der Waals surface area contributed by atoms with Crippen LogP contribution in [0.2, 0.25) is 0 Å². The summed E-state index contributed by atoms with van der Waals surface area (Å²) < 4.78 is 3.65. The molecule has 0 spiro atoms. The van der Waals surface area contributed by atoms with E-state index in [2.05, 4.69) is 9.55 Å². The molecular formula is C14H18N4O. The predicted octanol–water partition coefficient (Wildman–Crippen LogP) is 0.602. The Labute approximate surface area is 111 Å². The average molecular weight is 258 g/mol. The standard InChI is InChI=1S/C14H18N4O/c1-17-6-5-9(7-13(17)19)14-16-11-8-10(15)3-4-12(11)18(14)2/h5-7,10H,3-4,8,15H2,1-2H3. The summed E-state index contributed by atoms with van der Waals surface area (Å²) in [6.07, 6.45) is 4.57. The molecule has 1 atom stereocenters. The molecule has 3 rings (SSSR count). The van der Waals surface area contributed by atoms with Crippen molar-refractivity contribution in [3.8, 4) is 11.4 Å². The third-order valence-electron chi connectivity index (χ3n) is 3.87. The number of hydrogen-bond acceptors (Lipinski definition) is 3. The lowest BCUT2D eigenvalue weighted by atomic mass is 9.97. The zero-order valence-electron chi connectivity index (χ0n) is 11.3. The first kappa shape index (κ1) is 12.2. The zero-order valence-corrected chi connectivity index (χ0v) is 11.3. The van der Waals surface area contributed by atoms with Crippen molar-refractivity contribution in [1.29, 1.82) is 0 Å². The van der Waals surface area contributed by atoms with Crippen LogP contribution >= 0.6 is 0 Å². The van der Waals surface area contributed by atoms with Crippen LogP contribution in [-0.2, 0) is 26.9 Å². The van der Waals surface area contributed by atoms with Crippen LogP contribution in [0.4, 0.5) is 0 Å². The Kier molecular flexibility index (Phi) is 2.78. The van der Waals surface area contributed by atoms with Crippen LogP contribution < -0.4 is 11.3 Å². The van der Waals surface area contributed by atoms with Crippen molar-refractivity contribution in [2.45, 2.75) is 25.3 Å². The summed E-state index contributed by atoms with van der Waals surface area (Å²) in [6.45, 7) is 0. The van der Waals surface area contributed by atoms with Crippen molar-refractivity contribution in [1.82, 2.24) is 14.1 Å². The van der Waals surface area contributed by atoms with E-state index in [1.165, 1.54) is 5.69 Å². The second-order valence-electron chi connectivity index (χ2n) is 5.26. The number of rotatable bonds is 1. The second kappa shape index (κ2) is 4.35. The van der Waals surface area contributed by atoms with Gasteiger partial charge in [-0.15, -0.1) is 0 Å². The summed E-state index contributed by atoms with van der Waals surface area (Å²) in [5.41, 5.74) is 9.17. The largest absolute Gasteiger partial charge is 0.331 e. The van der Waals surface area contributed by atoms with Crippen LogP contribution in [0, 0.1) is 0 Å². The third-order valence-corrected chi connectivity index (χ3v) is 3.87. The van der Waals surface area contributed by atoms with Crippen molar-refractivity contribution in [2.24, 2.45) is 19.8 Å². The molecule has 0 aliphatic heterocycles. The number of imidazole rings is 1. The van der Waals surface area contributed by atoms with Gasteiger partial charge >= 0.3 is 0 Å². The van der Waals surface area contributed by atoms with E-state index in [-0.39, 0.29) is 11.6 Å². The number of pyridine rings is 1. The summed E-state index contributed by atoms with van der Waals surface area (Å²) in [5.74, 6) is 0.858. The first-order valence-corrected chi connectivity index (χ1v) is 6.53. The van der Waals surface area contributed by atoms with Gasteiger partial charge in [0.25, 0.3) is 5.56 Å². The van der Waals surface area contributed by atoms with Crippen LogP contribution in [0.3, 0.4) is 0 Å². The van der Waals surface area contributed by atoms with Gasteiger partial charge in [0.15, 0.2) is 0 Å². The Morgan fingerprint density at radius 1 is 1.42 bits per heavy atom. The molecule has 2 heterocycles. The van der Waals surface area contributed by atoms with E-state index in [1.807, 2.05) is 13.1 Å². The monoisotopic (exact) mass is 258 g/mol. The SMILES string of the molecule is Cn1c(-c2ccn(C)c(=O)c2)nc2c1CCC(N)C2. The highest BCUT2D eigenvalue weighted by Gasteiger charge is 2.22. The molecule has 0 aromatic carbocycles.